The van der Waals surface area contributed by atoms with Crippen molar-refractivity contribution in [2.24, 2.45) is 11.7 Å². The van der Waals surface area contributed by atoms with Gasteiger partial charge in [0.15, 0.2) is 0 Å². The molecule has 1 aromatic carbocycles. The summed E-state index contributed by atoms with van der Waals surface area (Å²) in [6.07, 6.45) is 8.14. The summed E-state index contributed by atoms with van der Waals surface area (Å²) in [4.78, 5) is 14.5. The minimum Gasteiger partial charge on any atom is -0.489 e. The van der Waals surface area contributed by atoms with Crippen molar-refractivity contribution in [1.82, 2.24) is 4.98 Å². The summed E-state index contributed by atoms with van der Waals surface area (Å²) in [5, 5.41) is 1.91. The number of hydrogen-bond acceptors (Lipinski definition) is 3. The zero-order valence-corrected chi connectivity index (χ0v) is 15.7. The lowest BCUT2D eigenvalue weighted by Crippen LogP contribution is -2.46. The predicted molar refractivity (Wildman–Crippen MR) is 103 cm³/mol. The topological polar surface area (TPSA) is 68.1 Å². The molecular formula is C20H27ClN2O2. The smallest absolute Gasteiger partial charge is 0.255 e. The molecule has 1 aliphatic carbocycles. The van der Waals surface area contributed by atoms with E-state index in [0.717, 1.165) is 43.9 Å². The van der Waals surface area contributed by atoms with Crippen molar-refractivity contribution in [2.75, 3.05) is 0 Å². The molecule has 0 aliphatic heterocycles. The second kappa shape index (κ2) is 7.38. The van der Waals surface area contributed by atoms with Gasteiger partial charge < -0.3 is 15.5 Å². The Morgan fingerprint density at radius 3 is 2.72 bits per heavy atom. The Hall–Kier alpha value is -1.52. The monoisotopic (exact) mass is 362 g/mol. The highest BCUT2D eigenvalue weighted by Crippen LogP contribution is 2.37. The number of hydrogen-bond donors (Lipinski definition) is 2. The Kier molecular flexibility index (Phi) is 5.40. The van der Waals surface area contributed by atoms with Crippen LogP contribution in [0.5, 0.6) is 5.75 Å². The number of aromatic amines is 1. The second-order valence-electron chi connectivity index (χ2n) is 7.52. The number of nitrogens with two attached hydrogens (primary N) is 1. The van der Waals surface area contributed by atoms with Crippen LogP contribution in [0.2, 0.25) is 5.02 Å². The van der Waals surface area contributed by atoms with E-state index >= 15 is 0 Å². The van der Waals surface area contributed by atoms with E-state index in [1.54, 1.807) is 12.3 Å². The molecule has 1 fully saturated rings. The Morgan fingerprint density at radius 1 is 1.32 bits per heavy atom. The van der Waals surface area contributed by atoms with E-state index in [9.17, 15) is 4.79 Å². The van der Waals surface area contributed by atoms with Gasteiger partial charge in [0.2, 0.25) is 0 Å². The molecule has 2 aromatic rings. The first-order valence-corrected chi connectivity index (χ1v) is 9.55. The van der Waals surface area contributed by atoms with Crippen LogP contribution in [0.4, 0.5) is 0 Å². The number of H-pyrrole nitrogens is 1. The summed E-state index contributed by atoms with van der Waals surface area (Å²) in [6, 6.07) is 5.42. The van der Waals surface area contributed by atoms with E-state index in [2.05, 4.69) is 18.8 Å². The zero-order chi connectivity index (χ0) is 18.0. The molecule has 1 heterocycles. The maximum Gasteiger partial charge on any atom is 0.255 e. The number of rotatable bonds is 5. The maximum absolute atomic E-state index is 11.8. The molecule has 4 nitrogen and oxygen atoms in total. The van der Waals surface area contributed by atoms with Crippen LogP contribution < -0.4 is 16.0 Å². The van der Waals surface area contributed by atoms with Gasteiger partial charge in [-0.2, -0.15) is 0 Å². The zero-order valence-electron chi connectivity index (χ0n) is 15.0. The molecule has 0 amide bonds. The van der Waals surface area contributed by atoms with Crippen molar-refractivity contribution in [1.29, 1.82) is 0 Å². The largest absolute Gasteiger partial charge is 0.489 e. The van der Waals surface area contributed by atoms with Crippen LogP contribution in [0.1, 0.15) is 52.4 Å². The van der Waals surface area contributed by atoms with Crippen molar-refractivity contribution < 1.29 is 4.74 Å². The van der Waals surface area contributed by atoms with Crippen LogP contribution in [0, 0.1) is 5.92 Å². The van der Waals surface area contributed by atoms with Gasteiger partial charge in [-0.05, 0) is 68.5 Å². The molecule has 25 heavy (non-hydrogen) atoms. The fourth-order valence-corrected chi connectivity index (χ4v) is 4.25. The maximum atomic E-state index is 11.8. The SMILES string of the molecule is CCCC(C)(N)C1CCC(Oc2cc3cc[nH]c(=O)c3cc2Cl)CC1. The normalized spacial score (nSPS) is 23.4. The minimum absolute atomic E-state index is 0.0820. The van der Waals surface area contributed by atoms with Crippen LogP contribution in [0.15, 0.2) is 29.2 Å². The van der Waals surface area contributed by atoms with Crippen LogP contribution in [-0.4, -0.2) is 16.6 Å². The van der Waals surface area contributed by atoms with Crippen LogP contribution in [-0.2, 0) is 0 Å². The molecule has 1 atom stereocenters. The third-order valence-electron chi connectivity index (χ3n) is 5.52. The molecule has 1 aromatic heterocycles. The van der Waals surface area contributed by atoms with Gasteiger partial charge in [-0.1, -0.05) is 24.9 Å². The average molecular weight is 363 g/mol. The molecule has 0 bridgehead atoms. The quantitative estimate of drug-likeness (QED) is 0.814. The van der Waals surface area contributed by atoms with E-state index in [1.165, 1.54) is 0 Å². The van der Waals surface area contributed by atoms with E-state index in [-0.39, 0.29) is 17.2 Å². The van der Waals surface area contributed by atoms with Crippen LogP contribution >= 0.6 is 11.6 Å². The van der Waals surface area contributed by atoms with E-state index in [0.29, 0.717) is 22.1 Å². The Balaban J connectivity index is 1.69. The lowest BCUT2D eigenvalue weighted by atomic mass is 9.73. The average Bonchev–Trinajstić information content (AvgIpc) is 2.57. The minimum atomic E-state index is -0.135. The number of ether oxygens (including phenoxy) is 1. The summed E-state index contributed by atoms with van der Waals surface area (Å²) >= 11 is 6.34. The first-order chi connectivity index (χ1) is 11.9. The van der Waals surface area contributed by atoms with Gasteiger partial charge in [0.1, 0.15) is 5.75 Å². The highest BCUT2D eigenvalue weighted by molar-refractivity contribution is 6.32. The number of benzene rings is 1. The highest BCUT2D eigenvalue weighted by atomic mass is 35.5. The molecule has 1 aliphatic rings. The number of nitrogens with one attached hydrogen (secondary N) is 1. The Morgan fingerprint density at radius 2 is 2.04 bits per heavy atom. The summed E-state index contributed by atoms with van der Waals surface area (Å²) in [5.41, 5.74) is 6.29. The van der Waals surface area contributed by atoms with Gasteiger partial charge in [-0.15, -0.1) is 0 Å². The summed E-state index contributed by atoms with van der Waals surface area (Å²) in [6.45, 7) is 4.37. The molecule has 3 rings (SSSR count). The fourth-order valence-electron chi connectivity index (χ4n) is 4.04. The fraction of sp³-hybridized carbons (Fsp3) is 0.550. The third-order valence-corrected chi connectivity index (χ3v) is 5.81. The van der Waals surface area contributed by atoms with Gasteiger partial charge in [0.05, 0.1) is 11.1 Å². The number of fused-ring (bicyclic) bond motifs is 1. The molecule has 1 unspecified atom stereocenters. The van der Waals surface area contributed by atoms with Gasteiger partial charge in [-0.3, -0.25) is 4.79 Å². The van der Waals surface area contributed by atoms with Crippen LogP contribution in [0.3, 0.4) is 0 Å². The summed E-state index contributed by atoms with van der Waals surface area (Å²) < 4.78 is 6.17. The van der Waals surface area contributed by atoms with Crippen molar-refractivity contribution in [3.05, 3.63) is 39.8 Å². The summed E-state index contributed by atoms with van der Waals surface area (Å²) in [5.74, 6) is 1.21. The molecule has 1 saturated carbocycles. The first-order valence-electron chi connectivity index (χ1n) is 9.17. The Bertz CT molecular complexity index is 792. The van der Waals surface area contributed by atoms with E-state index in [4.69, 9.17) is 22.1 Å². The van der Waals surface area contributed by atoms with Gasteiger partial charge >= 0.3 is 0 Å². The molecule has 0 spiro atoms. The molecule has 3 N–H and O–H groups in total. The summed E-state index contributed by atoms with van der Waals surface area (Å²) in [7, 11) is 0. The molecule has 0 saturated heterocycles. The number of aromatic nitrogens is 1. The van der Waals surface area contributed by atoms with Crippen molar-refractivity contribution >= 4 is 22.4 Å². The molecule has 5 heteroatoms. The van der Waals surface area contributed by atoms with E-state index in [1.807, 2.05) is 12.1 Å². The van der Waals surface area contributed by atoms with Crippen LogP contribution in [0.25, 0.3) is 10.8 Å². The van der Waals surface area contributed by atoms with Gasteiger partial charge in [0.25, 0.3) is 5.56 Å². The third kappa shape index (κ3) is 4.01. The lowest BCUT2D eigenvalue weighted by Gasteiger charge is -2.39. The first kappa shape index (κ1) is 18.3. The number of halogens is 1. The lowest BCUT2D eigenvalue weighted by molar-refractivity contribution is 0.101. The van der Waals surface area contributed by atoms with Crippen molar-refractivity contribution in [3.8, 4) is 5.75 Å². The van der Waals surface area contributed by atoms with E-state index < -0.39 is 0 Å². The molecule has 136 valence electrons. The second-order valence-corrected chi connectivity index (χ2v) is 7.93. The van der Waals surface area contributed by atoms with Gasteiger partial charge in [0, 0.05) is 17.1 Å². The molecular weight excluding hydrogens is 336 g/mol. The van der Waals surface area contributed by atoms with Crippen molar-refractivity contribution in [2.45, 2.75) is 64.0 Å². The number of pyridine rings is 1. The molecule has 0 radical (unpaired) electrons. The highest BCUT2D eigenvalue weighted by Gasteiger charge is 2.33. The van der Waals surface area contributed by atoms with Gasteiger partial charge in [-0.25, -0.2) is 0 Å². The van der Waals surface area contributed by atoms with Crippen molar-refractivity contribution in [3.63, 3.8) is 0 Å². The standard InChI is InChI=1S/C20H27ClN2O2/c1-3-9-20(2,22)14-4-6-15(7-5-14)25-18-11-13-8-10-23-19(24)16(13)12-17(18)21/h8,10-12,14-15H,3-7,9,22H2,1-2H3,(H,23,24). The predicted octanol–water partition coefficient (Wildman–Crippen LogP) is 4.64. The Labute approximate surface area is 153 Å².